The highest BCUT2D eigenvalue weighted by Crippen LogP contribution is 2.31. The Balaban J connectivity index is 2.03. The van der Waals surface area contributed by atoms with Gasteiger partial charge in [0.15, 0.2) is 11.0 Å². The standard InChI is InChI=1S/C17H13Cl2N5S/c18-14-6-5-13(10-15(14)19)24-16(12-4-3-8-21-11-12)22-23-17(24)25-9-2-1-7-20/h3-6,8,10-11H,1-2,9H2. The lowest BCUT2D eigenvalue weighted by molar-refractivity contribution is 0.880. The Morgan fingerprint density at radius 1 is 1.16 bits per heavy atom. The fourth-order valence-corrected chi connectivity index (χ4v) is 3.40. The first-order chi connectivity index (χ1) is 12.2. The summed E-state index contributed by atoms with van der Waals surface area (Å²) in [5, 5.41) is 19.0. The molecule has 0 unspecified atom stereocenters. The number of pyridine rings is 1. The quantitative estimate of drug-likeness (QED) is 0.436. The first kappa shape index (κ1) is 17.7. The Hall–Kier alpha value is -2.07. The van der Waals surface area contributed by atoms with Crippen LogP contribution in [0.1, 0.15) is 12.8 Å². The maximum absolute atomic E-state index is 8.68. The summed E-state index contributed by atoms with van der Waals surface area (Å²) in [6, 6.07) is 11.3. The largest absolute Gasteiger partial charge is 0.270 e. The molecule has 2 aromatic heterocycles. The van der Waals surface area contributed by atoms with E-state index in [1.807, 2.05) is 22.8 Å². The molecule has 25 heavy (non-hydrogen) atoms. The summed E-state index contributed by atoms with van der Waals surface area (Å²) in [6.45, 7) is 0. The van der Waals surface area contributed by atoms with Gasteiger partial charge >= 0.3 is 0 Å². The summed E-state index contributed by atoms with van der Waals surface area (Å²) in [4.78, 5) is 4.15. The molecular formula is C17H13Cl2N5S. The third-order valence-corrected chi connectivity index (χ3v) is 5.13. The number of aromatic nitrogens is 4. The van der Waals surface area contributed by atoms with Crippen molar-refractivity contribution >= 4 is 35.0 Å². The minimum Gasteiger partial charge on any atom is -0.270 e. The van der Waals surface area contributed by atoms with Crippen LogP contribution in [0.4, 0.5) is 0 Å². The number of thioether (sulfide) groups is 1. The highest BCUT2D eigenvalue weighted by Gasteiger charge is 2.17. The van der Waals surface area contributed by atoms with E-state index in [9.17, 15) is 0 Å². The Morgan fingerprint density at radius 3 is 2.76 bits per heavy atom. The topological polar surface area (TPSA) is 67.4 Å². The van der Waals surface area contributed by atoms with Crippen molar-refractivity contribution in [3.05, 3.63) is 52.8 Å². The molecule has 0 saturated heterocycles. The smallest absolute Gasteiger partial charge is 0.196 e. The molecule has 0 bridgehead atoms. The molecule has 0 fully saturated rings. The molecule has 0 saturated carbocycles. The first-order valence-electron chi connectivity index (χ1n) is 7.51. The maximum Gasteiger partial charge on any atom is 0.196 e. The van der Waals surface area contributed by atoms with Crippen molar-refractivity contribution in [2.24, 2.45) is 0 Å². The summed E-state index contributed by atoms with van der Waals surface area (Å²) in [5.74, 6) is 1.45. The molecule has 0 N–H and O–H groups in total. The van der Waals surface area contributed by atoms with Crippen LogP contribution >= 0.6 is 35.0 Å². The van der Waals surface area contributed by atoms with Gasteiger partial charge in [-0.3, -0.25) is 9.55 Å². The van der Waals surface area contributed by atoms with E-state index < -0.39 is 0 Å². The molecule has 0 atom stereocenters. The molecule has 8 heteroatoms. The van der Waals surface area contributed by atoms with Crippen LogP contribution in [0.15, 0.2) is 47.9 Å². The summed E-state index contributed by atoms with van der Waals surface area (Å²) >= 11 is 13.8. The highest BCUT2D eigenvalue weighted by molar-refractivity contribution is 7.99. The van der Waals surface area contributed by atoms with Crippen LogP contribution in [0.3, 0.4) is 0 Å². The van der Waals surface area contributed by atoms with Gasteiger partial charge < -0.3 is 0 Å². The Morgan fingerprint density at radius 2 is 2.04 bits per heavy atom. The monoisotopic (exact) mass is 389 g/mol. The number of benzene rings is 1. The molecule has 0 radical (unpaired) electrons. The van der Waals surface area contributed by atoms with E-state index in [0.717, 1.165) is 28.6 Å². The molecule has 5 nitrogen and oxygen atoms in total. The average molecular weight is 390 g/mol. The van der Waals surface area contributed by atoms with E-state index in [0.29, 0.717) is 22.3 Å². The number of halogens is 2. The van der Waals surface area contributed by atoms with E-state index in [2.05, 4.69) is 21.3 Å². The van der Waals surface area contributed by atoms with Gasteiger partial charge in [0.25, 0.3) is 0 Å². The predicted molar refractivity (Wildman–Crippen MR) is 100 cm³/mol. The van der Waals surface area contributed by atoms with E-state index in [1.54, 1.807) is 36.3 Å². The number of rotatable bonds is 6. The molecule has 0 aliphatic carbocycles. The Bertz CT molecular complexity index is 905. The van der Waals surface area contributed by atoms with Gasteiger partial charge in [-0.05, 0) is 36.8 Å². The lowest BCUT2D eigenvalue weighted by atomic mass is 10.2. The van der Waals surface area contributed by atoms with Gasteiger partial charge in [0.2, 0.25) is 0 Å². The lowest BCUT2D eigenvalue weighted by Crippen LogP contribution is -2.00. The fourth-order valence-electron chi connectivity index (χ4n) is 2.22. The molecule has 0 aliphatic rings. The molecule has 0 amide bonds. The van der Waals surface area contributed by atoms with Gasteiger partial charge in [-0.25, -0.2) is 0 Å². The van der Waals surface area contributed by atoms with Gasteiger partial charge in [0, 0.05) is 30.1 Å². The zero-order chi connectivity index (χ0) is 17.6. The minimum atomic E-state index is 0.463. The molecule has 0 spiro atoms. The third kappa shape index (κ3) is 4.13. The second-order valence-corrected chi connectivity index (χ2v) is 6.97. The van der Waals surface area contributed by atoms with Crippen molar-refractivity contribution in [3.8, 4) is 23.1 Å². The van der Waals surface area contributed by atoms with E-state index in [4.69, 9.17) is 28.5 Å². The van der Waals surface area contributed by atoms with E-state index in [-0.39, 0.29) is 0 Å². The predicted octanol–water partition coefficient (Wildman–Crippen LogP) is 5.03. The van der Waals surface area contributed by atoms with Gasteiger partial charge in [0.05, 0.1) is 21.8 Å². The Labute approximate surface area is 159 Å². The van der Waals surface area contributed by atoms with Crippen molar-refractivity contribution < 1.29 is 0 Å². The van der Waals surface area contributed by atoms with Crippen LogP contribution in [-0.4, -0.2) is 25.5 Å². The number of nitriles is 1. The summed E-state index contributed by atoms with van der Waals surface area (Å²) in [5.41, 5.74) is 1.67. The second kappa shape index (κ2) is 8.34. The van der Waals surface area contributed by atoms with E-state index >= 15 is 0 Å². The summed E-state index contributed by atoms with van der Waals surface area (Å²) in [7, 11) is 0. The highest BCUT2D eigenvalue weighted by atomic mass is 35.5. The molecule has 0 aliphatic heterocycles. The second-order valence-electron chi connectivity index (χ2n) is 5.09. The van der Waals surface area contributed by atoms with Gasteiger partial charge in [-0.15, -0.1) is 10.2 Å². The third-order valence-electron chi connectivity index (χ3n) is 3.38. The van der Waals surface area contributed by atoms with Gasteiger partial charge in [-0.2, -0.15) is 5.26 Å². The van der Waals surface area contributed by atoms with Crippen molar-refractivity contribution in [2.45, 2.75) is 18.0 Å². The van der Waals surface area contributed by atoms with Crippen LogP contribution < -0.4 is 0 Å². The SMILES string of the molecule is N#CCCCSc1nnc(-c2cccnc2)n1-c1ccc(Cl)c(Cl)c1. The zero-order valence-corrected chi connectivity index (χ0v) is 15.4. The summed E-state index contributed by atoms with van der Waals surface area (Å²) < 4.78 is 1.93. The Kier molecular flexibility index (Phi) is 5.92. The van der Waals surface area contributed by atoms with Crippen molar-refractivity contribution in [2.75, 3.05) is 5.75 Å². The number of hydrogen-bond acceptors (Lipinski definition) is 5. The zero-order valence-electron chi connectivity index (χ0n) is 13.1. The average Bonchev–Trinajstić information content (AvgIpc) is 3.06. The number of hydrogen-bond donors (Lipinski definition) is 0. The molecular weight excluding hydrogens is 377 g/mol. The van der Waals surface area contributed by atoms with Gasteiger partial charge in [0.1, 0.15) is 0 Å². The normalized spacial score (nSPS) is 10.6. The van der Waals surface area contributed by atoms with Crippen molar-refractivity contribution in [1.82, 2.24) is 19.7 Å². The number of unbranched alkanes of at least 4 members (excludes halogenated alkanes) is 1. The van der Waals surface area contributed by atoms with Crippen LogP contribution in [-0.2, 0) is 0 Å². The van der Waals surface area contributed by atoms with Crippen LogP contribution in [0, 0.1) is 11.3 Å². The van der Waals surface area contributed by atoms with Crippen LogP contribution in [0.2, 0.25) is 10.0 Å². The molecule has 2 heterocycles. The van der Waals surface area contributed by atoms with E-state index in [1.165, 1.54) is 0 Å². The van der Waals surface area contributed by atoms with Crippen LogP contribution in [0.25, 0.3) is 17.1 Å². The van der Waals surface area contributed by atoms with Crippen LogP contribution in [0.5, 0.6) is 0 Å². The summed E-state index contributed by atoms with van der Waals surface area (Å²) in [6.07, 6.45) is 4.75. The first-order valence-corrected chi connectivity index (χ1v) is 9.26. The van der Waals surface area contributed by atoms with Crippen molar-refractivity contribution in [3.63, 3.8) is 0 Å². The fraction of sp³-hybridized carbons (Fsp3) is 0.176. The van der Waals surface area contributed by atoms with Gasteiger partial charge in [-0.1, -0.05) is 35.0 Å². The molecule has 3 rings (SSSR count). The maximum atomic E-state index is 8.68. The lowest BCUT2D eigenvalue weighted by Gasteiger charge is -2.11. The minimum absolute atomic E-state index is 0.463. The molecule has 3 aromatic rings. The van der Waals surface area contributed by atoms with Crippen molar-refractivity contribution in [1.29, 1.82) is 5.26 Å². The number of nitrogens with zero attached hydrogens (tertiary/aromatic N) is 5. The molecule has 126 valence electrons. The molecule has 1 aromatic carbocycles.